The summed E-state index contributed by atoms with van der Waals surface area (Å²) in [5, 5.41) is 2.53. The Morgan fingerprint density at radius 1 is 0.431 bits per heavy atom. The summed E-state index contributed by atoms with van der Waals surface area (Å²) >= 11 is 0. The second-order valence-corrected chi connectivity index (χ2v) is 17.6. The van der Waals surface area contributed by atoms with Crippen molar-refractivity contribution in [1.82, 2.24) is 0 Å². The fraction of sp³-hybridized carbons (Fsp3) is 0.179. The maximum atomic E-state index is 2.65. The number of anilines is 6. The number of hydrogen-bond acceptors (Lipinski definition) is 2. The molecular formula is C56H46N2. The van der Waals surface area contributed by atoms with Crippen LogP contribution in [0, 0.1) is 11.8 Å². The summed E-state index contributed by atoms with van der Waals surface area (Å²) in [6.45, 7) is 4.80. The van der Waals surface area contributed by atoms with E-state index in [2.05, 4.69) is 206 Å². The lowest BCUT2D eigenvalue weighted by molar-refractivity contribution is 0.350. The summed E-state index contributed by atoms with van der Waals surface area (Å²) in [6.07, 6.45) is 4.73. The molecule has 1 spiro atoms. The van der Waals surface area contributed by atoms with Gasteiger partial charge in [-0.2, -0.15) is 0 Å². The third-order valence-electron chi connectivity index (χ3n) is 14.5. The Balaban J connectivity index is 1.13. The second-order valence-electron chi connectivity index (χ2n) is 17.6. The first-order valence-electron chi connectivity index (χ1n) is 21.2. The van der Waals surface area contributed by atoms with Crippen molar-refractivity contribution in [2.45, 2.75) is 50.4 Å². The number of nitrogens with zero attached hydrogens (tertiary/aromatic N) is 2. The molecule has 0 saturated heterocycles. The Labute approximate surface area is 342 Å². The maximum Gasteiger partial charge on any atom is 0.0540 e. The van der Waals surface area contributed by atoms with E-state index in [0.29, 0.717) is 11.8 Å². The van der Waals surface area contributed by atoms with Crippen molar-refractivity contribution in [3.8, 4) is 11.1 Å². The number of hydrogen-bond donors (Lipinski definition) is 0. The van der Waals surface area contributed by atoms with E-state index >= 15 is 0 Å². The van der Waals surface area contributed by atoms with Gasteiger partial charge in [0.25, 0.3) is 0 Å². The van der Waals surface area contributed by atoms with Crippen LogP contribution in [0.5, 0.6) is 0 Å². The lowest BCUT2D eigenvalue weighted by Crippen LogP contribution is -2.34. The van der Waals surface area contributed by atoms with Crippen molar-refractivity contribution >= 4 is 44.9 Å². The minimum atomic E-state index is -0.116. The molecule has 280 valence electrons. The smallest absolute Gasteiger partial charge is 0.0540 e. The molecule has 0 radical (unpaired) electrons. The van der Waals surface area contributed by atoms with E-state index in [9.17, 15) is 0 Å². The van der Waals surface area contributed by atoms with Crippen molar-refractivity contribution in [1.29, 1.82) is 0 Å². The van der Waals surface area contributed by atoms with Crippen LogP contribution >= 0.6 is 0 Å². The van der Waals surface area contributed by atoms with Gasteiger partial charge >= 0.3 is 0 Å². The molecule has 0 heterocycles. The van der Waals surface area contributed by atoms with Crippen LogP contribution in [0.4, 0.5) is 34.1 Å². The van der Waals surface area contributed by atoms with Crippen LogP contribution in [0.1, 0.15) is 60.1 Å². The summed E-state index contributed by atoms with van der Waals surface area (Å²) in [7, 11) is 0. The highest BCUT2D eigenvalue weighted by atomic mass is 15.2. The minimum Gasteiger partial charge on any atom is -0.310 e. The molecule has 3 unspecified atom stereocenters. The Bertz CT molecular complexity index is 2860. The highest BCUT2D eigenvalue weighted by molar-refractivity contribution is 6.00. The molecule has 0 aromatic heterocycles. The van der Waals surface area contributed by atoms with Gasteiger partial charge in [-0.25, -0.2) is 0 Å². The van der Waals surface area contributed by atoms with Crippen LogP contribution in [0.25, 0.3) is 21.9 Å². The molecule has 0 amide bonds. The third kappa shape index (κ3) is 4.60. The Morgan fingerprint density at radius 3 is 1.66 bits per heavy atom. The predicted octanol–water partition coefficient (Wildman–Crippen LogP) is 14.5. The van der Waals surface area contributed by atoms with E-state index in [4.69, 9.17) is 0 Å². The molecule has 0 aliphatic heterocycles. The Hall–Kier alpha value is -6.38. The zero-order valence-electron chi connectivity index (χ0n) is 33.2. The average Bonchev–Trinajstić information content (AvgIpc) is 3.96. The summed E-state index contributed by atoms with van der Waals surface area (Å²) in [5.41, 5.74) is 18.9. The van der Waals surface area contributed by atoms with Crippen LogP contribution in [-0.4, -0.2) is 0 Å². The van der Waals surface area contributed by atoms with Crippen LogP contribution in [-0.2, 0) is 23.7 Å². The molecule has 2 heteroatoms. The molecule has 4 aliphatic rings. The standard InChI is InChI=1S/C56H46N2/c1-55(2)48-26-12-11-25-46(48)47-33-32-44(36-49(47)55)58(50-27-13-17-37-16-9-10-24-45(37)50)52-29-15-19-39-35-41-31-30-40-34-38-18-14-28-51(53(38)56(40,41)54(39)52)57(42-20-5-3-6-21-42)43-22-7-4-8-23-43/h3-29,32-33,36,40-41H,30-31,34-35H2,1-2H3. The molecule has 1 saturated carbocycles. The average molecular weight is 747 g/mol. The van der Waals surface area contributed by atoms with Gasteiger partial charge in [0, 0.05) is 33.3 Å². The molecule has 58 heavy (non-hydrogen) atoms. The fourth-order valence-electron chi connectivity index (χ4n) is 12.3. The maximum absolute atomic E-state index is 2.65. The lowest BCUT2D eigenvalue weighted by atomic mass is 9.68. The van der Waals surface area contributed by atoms with Crippen molar-refractivity contribution in [3.05, 3.63) is 215 Å². The van der Waals surface area contributed by atoms with Gasteiger partial charge in [0.1, 0.15) is 0 Å². The topological polar surface area (TPSA) is 6.48 Å². The summed E-state index contributed by atoms with van der Waals surface area (Å²) in [5.74, 6) is 1.07. The molecule has 3 atom stereocenters. The quantitative estimate of drug-likeness (QED) is 0.167. The Morgan fingerprint density at radius 2 is 0.966 bits per heavy atom. The first-order chi connectivity index (χ1) is 28.5. The van der Waals surface area contributed by atoms with Crippen molar-refractivity contribution in [3.63, 3.8) is 0 Å². The van der Waals surface area contributed by atoms with E-state index in [1.807, 2.05) is 0 Å². The minimum absolute atomic E-state index is 0.108. The first-order valence-corrected chi connectivity index (χ1v) is 21.2. The molecular weight excluding hydrogens is 701 g/mol. The summed E-state index contributed by atoms with van der Waals surface area (Å²) < 4.78 is 0. The van der Waals surface area contributed by atoms with E-state index in [1.54, 1.807) is 11.1 Å². The zero-order chi connectivity index (χ0) is 38.6. The van der Waals surface area contributed by atoms with Gasteiger partial charge in [0.15, 0.2) is 0 Å². The Kier molecular flexibility index (Phi) is 7.30. The molecule has 2 nitrogen and oxygen atoms in total. The predicted molar refractivity (Wildman–Crippen MR) is 242 cm³/mol. The molecule has 0 bridgehead atoms. The normalized spacial score (nSPS) is 20.2. The first kappa shape index (κ1) is 33.7. The fourth-order valence-corrected chi connectivity index (χ4v) is 12.3. The van der Waals surface area contributed by atoms with E-state index in [-0.39, 0.29) is 10.8 Å². The van der Waals surface area contributed by atoms with Crippen LogP contribution in [0.15, 0.2) is 182 Å². The van der Waals surface area contributed by atoms with Gasteiger partial charge in [-0.05, 0) is 142 Å². The molecule has 4 aliphatic carbocycles. The van der Waals surface area contributed by atoms with Gasteiger partial charge in [-0.15, -0.1) is 0 Å². The molecule has 12 rings (SSSR count). The highest BCUT2D eigenvalue weighted by Crippen LogP contribution is 2.69. The number of benzene rings is 8. The lowest BCUT2D eigenvalue weighted by Gasteiger charge is -2.40. The van der Waals surface area contributed by atoms with Crippen molar-refractivity contribution in [2.24, 2.45) is 11.8 Å². The monoisotopic (exact) mass is 746 g/mol. The number of para-hydroxylation sites is 2. The summed E-state index contributed by atoms with van der Waals surface area (Å²) in [6, 6.07) is 68.6. The van der Waals surface area contributed by atoms with E-state index in [1.165, 1.54) is 91.1 Å². The molecule has 0 N–H and O–H groups in total. The van der Waals surface area contributed by atoms with Crippen LogP contribution in [0.2, 0.25) is 0 Å². The van der Waals surface area contributed by atoms with Crippen LogP contribution in [0.3, 0.4) is 0 Å². The van der Waals surface area contributed by atoms with Gasteiger partial charge < -0.3 is 9.80 Å². The second kappa shape index (κ2) is 12.6. The summed E-state index contributed by atoms with van der Waals surface area (Å²) in [4.78, 5) is 5.19. The number of fused-ring (bicyclic) bond motifs is 6. The third-order valence-corrected chi connectivity index (χ3v) is 14.5. The highest BCUT2D eigenvalue weighted by Gasteiger charge is 2.62. The largest absolute Gasteiger partial charge is 0.310 e. The van der Waals surface area contributed by atoms with E-state index in [0.717, 1.165) is 12.8 Å². The van der Waals surface area contributed by atoms with Gasteiger partial charge in [0.05, 0.1) is 17.1 Å². The van der Waals surface area contributed by atoms with E-state index < -0.39 is 0 Å². The van der Waals surface area contributed by atoms with Gasteiger partial charge in [-0.3, -0.25) is 0 Å². The zero-order valence-corrected chi connectivity index (χ0v) is 33.2. The number of rotatable bonds is 6. The molecule has 8 aromatic rings. The van der Waals surface area contributed by atoms with Crippen LogP contribution < -0.4 is 9.80 Å². The SMILES string of the molecule is CC1(C)c2ccccc2-c2ccc(N(c3cccc4c3C35c6c(cccc6N(c6ccccc6)c6ccccc6)CC3CCC5C4)c3cccc4ccccc34)cc21. The van der Waals surface area contributed by atoms with Crippen molar-refractivity contribution in [2.75, 3.05) is 9.80 Å². The van der Waals surface area contributed by atoms with Gasteiger partial charge in [-0.1, -0.05) is 141 Å². The molecule has 1 fully saturated rings. The van der Waals surface area contributed by atoms with Gasteiger partial charge in [0.2, 0.25) is 0 Å². The molecule has 8 aromatic carbocycles. The van der Waals surface area contributed by atoms with Crippen molar-refractivity contribution < 1.29 is 0 Å².